The minimum atomic E-state index is 1.33. The maximum atomic E-state index is 3.18. The number of fused-ring (bicyclic) bond motifs is 3. The molecule has 0 amide bonds. The third-order valence-electron chi connectivity index (χ3n) is 3.23. The van der Waals surface area contributed by atoms with Gasteiger partial charge >= 0.3 is 0 Å². The van der Waals surface area contributed by atoms with Gasteiger partial charge in [0, 0.05) is 23.5 Å². The van der Waals surface area contributed by atoms with Gasteiger partial charge in [-0.1, -0.05) is 36.4 Å². The molecular weight excluding hydrogens is 182 g/mol. The summed E-state index contributed by atoms with van der Waals surface area (Å²) in [6.07, 6.45) is 4.17. The third-order valence-corrected chi connectivity index (χ3v) is 3.23. The molecule has 1 heterocycles. The summed E-state index contributed by atoms with van der Waals surface area (Å²) in [4.78, 5) is 3.18. The van der Waals surface area contributed by atoms with Crippen molar-refractivity contribution in [3.63, 3.8) is 0 Å². The molecule has 1 heteroatoms. The molecule has 1 aromatic heterocycles. The van der Waals surface area contributed by atoms with Gasteiger partial charge in [-0.05, 0) is 21.9 Å². The molecule has 0 saturated carbocycles. The lowest BCUT2D eigenvalue weighted by Crippen LogP contribution is -1.75. The maximum absolute atomic E-state index is 3.18. The van der Waals surface area contributed by atoms with Crippen LogP contribution >= 0.6 is 0 Å². The summed E-state index contributed by atoms with van der Waals surface area (Å²) in [5.74, 6) is 0. The average Bonchev–Trinajstić information content (AvgIpc) is 2.84. The molecule has 0 bridgehead atoms. The summed E-state index contributed by atoms with van der Waals surface area (Å²) >= 11 is 0. The lowest BCUT2D eigenvalue weighted by Gasteiger charge is -2.00. The molecule has 0 saturated heterocycles. The van der Waals surface area contributed by atoms with Gasteiger partial charge in [0.15, 0.2) is 0 Å². The zero-order chi connectivity index (χ0) is 9.83. The van der Waals surface area contributed by atoms with E-state index < -0.39 is 0 Å². The molecule has 0 spiro atoms. The van der Waals surface area contributed by atoms with Crippen LogP contribution in [0.15, 0.2) is 48.8 Å². The van der Waals surface area contributed by atoms with E-state index in [9.17, 15) is 0 Å². The van der Waals surface area contributed by atoms with Gasteiger partial charge in [-0.25, -0.2) is 0 Å². The van der Waals surface area contributed by atoms with E-state index in [-0.39, 0.29) is 0 Å². The zero-order valence-corrected chi connectivity index (χ0v) is 8.12. The van der Waals surface area contributed by atoms with Gasteiger partial charge in [0.1, 0.15) is 0 Å². The van der Waals surface area contributed by atoms with Crippen molar-refractivity contribution in [1.82, 2.24) is 4.98 Å². The van der Waals surface area contributed by atoms with Crippen LogP contribution in [0.5, 0.6) is 0 Å². The van der Waals surface area contributed by atoms with Crippen molar-refractivity contribution in [2.24, 2.45) is 0 Å². The second-order valence-electron chi connectivity index (χ2n) is 3.99. The highest BCUT2D eigenvalue weighted by Crippen LogP contribution is 2.46. The lowest BCUT2D eigenvalue weighted by atomic mass is 10.0. The molecule has 0 aliphatic heterocycles. The fraction of sp³-hybridized carbons (Fsp3) is 0. The average molecular weight is 191 g/mol. The van der Waals surface area contributed by atoms with Gasteiger partial charge in [0.25, 0.3) is 0 Å². The van der Waals surface area contributed by atoms with Gasteiger partial charge in [-0.2, -0.15) is 0 Å². The number of nitrogens with one attached hydrogen (secondary N) is 1. The number of hydrogen-bond donors (Lipinski definition) is 1. The molecule has 15 heavy (non-hydrogen) atoms. The normalized spacial score (nSPS) is 12.0. The molecule has 0 radical (unpaired) electrons. The van der Waals surface area contributed by atoms with Crippen LogP contribution in [-0.2, 0) is 0 Å². The van der Waals surface area contributed by atoms with Crippen LogP contribution in [0.4, 0.5) is 0 Å². The van der Waals surface area contributed by atoms with Crippen molar-refractivity contribution in [2.75, 3.05) is 0 Å². The summed E-state index contributed by atoms with van der Waals surface area (Å²) in [7, 11) is 0. The van der Waals surface area contributed by atoms with Crippen LogP contribution in [-0.4, -0.2) is 4.98 Å². The van der Waals surface area contributed by atoms with E-state index in [0.29, 0.717) is 0 Å². The van der Waals surface area contributed by atoms with Crippen molar-refractivity contribution in [3.05, 3.63) is 48.8 Å². The molecule has 0 fully saturated rings. The topological polar surface area (TPSA) is 15.8 Å². The van der Waals surface area contributed by atoms with Crippen LogP contribution in [0.2, 0.25) is 0 Å². The Morgan fingerprint density at radius 3 is 1.87 bits per heavy atom. The quantitative estimate of drug-likeness (QED) is 0.435. The highest BCUT2D eigenvalue weighted by Gasteiger charge is 2.20. The highest BCUT2D eigenvalue weighted by molar-refractivity contribution is 6.14. The molecule has 2 aromatic carbocycles. The molecule has 0 unspecified atom stereocenters. The predicted molar refractivity (Wildman–Crippen MR) is 62.7 cm³/mol. The van der Waals surface area contributed by atoms with Crippen molar-refractivity contribution in [1.29, 1.82) is 0 Å². The summed E-state index contributed by atoms with van der Waals surface area (Å²) in [6.45, 7) is 0. The molecule has 1 N–H and O–H groups in total. The van der Waals surface area contributed by atoms with Crippen LogP contribution in [0.1, 0.15) is 0 Å². The standard InChI is InChI=1S/C14H9N/c1-3-9-4-2-6-11-13-8-15-7-12(13)10(5-1)14(9)11/h1-8,15H. The molecule has 70 valence electrons. The molecule has 1 aliphatic rings. The van der Waals surface area contributed by atoms with Gasteiger partial charge in [-0.15, -0.1) is 0 Å². The van der Waals surface area contributed by atoms with Crippen LogP contribution in [0.25, 0.3) is 33.0 Å². The third kappa shape index (κ3) is 0.747. The first-order chi connectivity index (χ1) is 7.45. The Hall–Kier alpha value is -2.02. The second kappa shape index (κ2) is 2.31. The van der Waals surface area contributed by atoms with Crippen LogP contribution < -0.4 is 0 Å². The Morgan fingerprint density at radius 1 is 0.667 bits per heavy atom. The molecule has 3 aromatic rings. The lowest BCUT2D eigenvalue weighted by molar-refractivity contribution is 1.41. The Bertz CT molecular complexity index is 623. The first kappa shape index (κ1) is 7.30. The van der Waals surface area contributed by atoms with E-state index in [1.54, 1.807) is 0 Å². The molecule has 1 nitrogen and oxygen atoms in total. The number of hydrogen-bond acceptors (Lipinski definition) is 0. The van der Waals surface area contributed by atoms with Crippen LogP contribution in [0.3, 0.4) is 0 Å². The van der Waals surface area contributed by atoms with E-state index >= 15 is 0 Å². The smallest absolute Gasteiger partial charge is 0.00908 e. The number of benzene rings is 2. The molecular formula is C14H9N. The van der Waals surface area contributed by atoms with Crippen LogP contribution in [0, 0.1) is 0 Å². The van der Waals surface area contributed by atoms with Gasteiger partial charge in [0.2, 0.25) is 0 Å². The van der Waals surface area contributed by atoms with E-state index in [2.05, 4.69) is 53.8 Å². The number of rotatable bonds is 0. The van der Waals surface area contributed by atoms with E-state index in [0.717, 1.165) is 0 Å². The number of H-pyrrole nitrogens is 1. The first-order valence-electron chi connectivity index (χ1n) is 5.14. The molecule has 4 rings (SSSR count). The minimum absolute atomic E-state index is 1.33. The Morgan fingerprint density at radius 2 is 1.27 bits per heavy atom. The Labute approximate surface area is 87.4 Å². The Balaban J connectivity index is 2.35. The fourth-order valence-corrected chi connectivity index (χ4v) is 2.60. The fourth-order valence-electron chi connectivity index (χ4n) is 2.60. The highest BCUT2D eigenvalue weighted by atomic mass is 14.6. The van der Waals surface area contributed by atoms with Gasteiger partial charge < -0.3 is 4.98 Å². The van der Waals surface area contributed by atoms with Crippen molar-refractivity contribution >= 4 is 10.8 Å². The van der Waals surface area contributed by atoms with Crippen molar-refractivity contribution in [3.8, 4) is 22.3 Å². The number of aromatic amines is 1. The second-order valence-corrected chi connectivity index (χ2v) is 3.99. The minimum Gasteiger partial charge on any atom is -0.366 e. The molecule has 0 atom stereocenters. The SMILES string of the molecule is c1cc2c3c(cccc3c1)-c1c[nH]cc1-2. The maximum Gasteiger partial charge on any atom is 0.00908 e. The monoisotopic (exact) mass is 191 g/mol. The van der Waals surface area contributed by atoms with Gasteiger partial charge in [-0.3, -0.25) is 0 Å². The Kier molecular flexibility index (Phi) is 1.13. The van der Waals surface area contributed by atoms with E-state index in [4.69, 9.17) is 0 Å². The zero-order valence-electron chi connectivity index (χ0n) is 8.12. The first-order valence-corrected chi connectivity index (χ1v) is 5.14. The summed E-state index contributed by atoms with van der Waals surface area (Å²) in [5.41, 5.74) is 5.39. The van der Waals surface area contributed by atoms with E-state index in [1.807, 2.05) is 0 Å². The predicted octanol–water partition coefficient (Wildman–Crippen LogP) is 3.82. The van der Waals surface area contributed by atoms with Crippen molar-refractivity contribution < 1.29 is 0 Å². The summed E-state index contributed by atoms with van der Waals surface area (Å²) in [6, 6.07) is 13.0. The molecule has 1 aliphatic carbocycles. The number of aromatic nitrogens is 1. The van der Waals surface area contributed by atoms with Gasteiger partial charge in [0.05, 0.1) is 0 Å². The summed E-state index contributed by atoms with van der Waals surface area (Å²) < 4.78 is 0. The summed E-state index contributed by atoms with van der Waals surface area (Å²) in [5, 5.41) is 2.74. The van der Waals surface area contributed by atoms with Crippen molar-refractivity contribution in [2.45, 2.75) is 0 Å². The van der Waals surface area contributed by atoms with E-state index in [1.165, 1.54) is 33.0 Å². The largest absolute Gasteiger partial charge is 0.366 e.